The van der Waals surface area contributed by atoms with Crippen LogP contribution in [0, 0.1) is 11.6 Å². The molecule has 3 nitrogen and oxygen atoms in total. The zero-order valence-electron chi connectivity index (χ0n) is 13.4. The van der Waals surface area contributed by atoms with E-state index in [2.05, 4.69) is 0 Å². The first-order valence-electron chi connectivity index (χ1n) is 7.88. The van der Waals surface area contributed by atoms with Crippen molar-refractivity contribution in [2.24, 2.45) is 0 Å². The van der Waals surface area contributed by atoms with E-state index in [-0.39, 0.29) is 11.6 Å². The fourth-order valence-electron chi connectivity index (χ4n) is 2.80. The van der Waals surface area contributed by atoms with Crippen LogP contribution in [0.1, 0.15) is 22.6 Å². The first-order chi connectivity index (χ1) is 12.1. The molecular weight excluding hydrogens is 364 g/mol. The Bertz CT molecular complexity index is 780. The molecule has 0 atom stereocenters. The minimum Gasteiger partial charge on any atom is -0.478 e. The minimum absolute atomic E-state index is 0.349. The summed E-state index contributed by atoms with van der Waals surface area (Å²) < 4.78 is 28.0. The van der Waals surface area contributed by atoms with Crippen molar-refractivity contribution in [2.45, 2.75) is 12.8 Å². The molecule has 7 heteroatoms. The van der Waals surface area contributed by atoms with Crippen molar-refractivity contribution in [2.75, 3.05) is 19.6 Å². The van der Waals surface area contributed by atoms with Crippen LogP contribution in [0.5, 0.6) is 0 Å². The average Bonchev–Trinajstić information content (AvgIpc) is 3.21. The van der Waals surface area contributed by atoms with Crippen molar-refractivity contribution in [3.8, 4) is 0 Å². The van der Waals surface area contributed by atoms with Crippen molar-refractivity contribution in [1.29, 1.82) is 0 Å². The van der Waals surface area contributed by atoms with Gasteiger partial charge in [-0.15, -0.1) is 22.7 Å². The van der Waals surface area contributed by atoms with Crippen LogP contribution < -0.4 is 0 Å². The van der Waals surface area contributed by atoms with Gasteiger partial charge in [0.05, 0.1) is 9.75 Å². The summed E-state index contributed by atoms with van der Waals surface area (Å²) in [6, 6.07) is 2.77. The molecule has 0 unspecified atom stereocenters. The Labute approximate surface area is 152 Å². The van der Waals surface area contributed by atoms with Crippen LogP contribution in [0.3, 0.4) is 0 Å². The second kappa shape index (κ2) is 8.03. The Morgan fingerprint density at radius 3 is 2.36 bits per heavy atom. The number of carbonyl (C=O) groups is 1. The number of thiophene rings is 2. The zero-order chi connectivity index (χ0) is 17.8. The summed E-state index contributed by atoms with van der Waals surface area (Å²) in [6.07, 6.45) is 4.90. The number of hydrogen-bond acceptors (Lipinski definition) is 4. The summed E-state index contributed by atoms with van der Waals surface area (Å²) in [7, 11) is 0. The first-order valence-corrected chi connectivity index (χ1v) is 9.63. The molecule has 0 saturated carbocycles. The van der Waals surface area contributed by atoms with E-state index in [1.54, 1.807) is 16.8 Å². The van der Waals surface area contributed by atoms with Crippen molar-refractivity contribution in [3.63, 3.8) is 0 Å². The Hall–Kier alpha value is -1.83. The Kier molecular flexibility index (Phi) is 5.78. The van der Waals surface area contributed by atoms with Gasteiger partial charge in [0.2, 0.25) is 0 Å². The topological polar surface area (TPSA) is 40.5 Å². The maximum atomic E-state index is 14.0. The lowest BCUT2D eigenvalue weighted by atomic mass is 10.1. The number of rotatable bonds is 6. The third-order valence-electron chi connectivity index (χ3n) is 4.02. The SMILES string of the molecule is O=C(O)C1=CCCN(CCC=C(c2sccc2F)c2sccc2F)C1. The predicted octanol–water partition coefficient (Wildman–Crippen LogP) is 4.63. The molecule has 1 N–H and O–H groups in total. The number of aliphatic carboxylic acids is 1. The molecule has 1 aliphatic rings. The molecular formula is C18H17F2NO2S2. The fourth-order valence-corrected chi connectivity index (χ4v) is 4.50. The lowest BCUT2D eigenvalue weighted by molar-refractivity contribution is -0.133. The van der Waals surface area contributed by atoms with E-state index >= 15 is 0 Å². The zero-order valence-corrected chi connectivity index (χ0v) is 15.0. The summed E-state index contributed by atoms with van der Waals surface area (Å²) in [6.45, 7) is 1.84. The van der Waals surface area contributed by atoms with Gasteiger partial charge in [-0.1, -0.05) is 12.2 Å². The van der Waals surface area contributed by atoms with Crippen LogP contribution >= 0.6 is 22.7 Å². The third kappa shape index (κ3) is 4.23. The standard InChI is InChI=1S/C18H17F2NO2S2/c19-14-5-9-24-16(14)13(17-15(20)6-10-25-17)4-2-8-21-7-1-3-12(11-21)18(22)23/h3-6,9-10H,1-2,7-8,11H2,(H,22,23). The van der Waals surface area contributed by atoms with Crippen LogP contribution in [0.2, 0.25) is 0 Å². The quantitative estimate of drug-likeness (QED) is 0.793. The molecule has 3 heterocycles. The summed E-state index contributed by atoms with van der Waals surface area (Å²) in [4.78, 5) is 14.0. The number of carboxylic acids is 1. The van der Waals surface area contributed by atoms with Crippen molar-refractivity contribution in [3.05, 3.63) is 62.0 Å². The molecule has 0 radical (unpaired) electrons. The molecule has 0 aromatic carbocycles. The molecule has 0 saturated heterocycles. The normalized spacial score (nSPS) is 15.0. The molecule has 0 spiro atoms. The van der Waals surface area contributed by atoms with Crippen LogP contribution in [0.4, 0.5) is 8.78 Å². The molecule has 0 fully saturated rings. The van der Waals surface area contributed by atoms with Crippen LogP contribution in [0.25, 0.3) is 5.57 Å². The second-order valence-corrected chi connectivity index (χ2v) is 7.53. The van der Waals surface area contributed by atoms with Crippen molar-refractivity contribution >= 4 is 34.2 Å². The van der Waals surface area contributed by atoms with Gasteiger partial charge in [-0.3, -0.25) is 4.90 Å². The van der Waals surface area contributed by atoms with E-state index in [9.17, 15) is 13.6 Å². The van der Waals surface area contributed by atoms with Crippen LogP contribution in [-0.4, -0.2) is 35.6 Å². The van der Waals surface area contributed by atoms with E-state index in [0.717, 1.165) is 6.54 Å². The first kappa shape index (κ1) is 18.0. The van der Waals surface area contributed by atoms with Gasteiger partial charge in [0.15, 0.2) is 0 Å². The molecule has 1 aliphatic heterocycles. The fraction of sp³-hybridized carbons (Fsp3) is 0.278. The maximum absolute atomic E-state index is 14.0. The number of nitrogens with zero attached hydrogens (tertiary/aromatic N) is 1. The van der Waals surface area contributed by atoms with Gasteiger partial charge in [0.1, 0.15) is 11.6 Å². The lowest BCUT2D eigenvalue weighted by Gasteiger charge is -2.25. The van der Waals surface area contributed by atoms with Gasteiger partial charge in [-0.2, -0.15) is 0 Å². The van der Waals surface area contributed by atoms with Crippen LogP contribution in [-0.2, 0) is 4.79 Å². The number of hydrogen-bond donors (Lipinski definition) is 1. The molecule has 2 aromatic heterocycles. The molecule has 132 valence electrons. The van der Waals surface area contributed by atoms with E-state index in [0.29, 0.717) is 46.8 Å². The van der Waals surface area contributed by atoms with Gasteiger partial charge in [-0.05, 0) is 35.7 Å². The Morgan fingerprint density at radius 1 is 1.20 bits per heavy atom. The van der Waals surface area contributed by atoms with Crippen molar-refractivity contribution < 1.29 is 18.7 Å². The van der Waals surface area contributed by atoms with Gasteiger partial charge in [0, 0.05) is 30.8 Å². The molecule has 0 bridgehead atoms. The highest BCUT2D eigenvalue weighted by atomic mass is 32.1. The molecule has 25 heavy (non-hydrogen) atoms. The Morgan fingerprint density at radius 2 is 1.84 bits per heavy atom. The summed E-state index contributed by atoms with van der Waals surface area (Å²) in [5.74, 6) is -1.58. The van der Waals surface area contributed by atoms with Gasteiger partial charge in [0.25, 0.3) is 0 Å². The number of carboxylic acid groups (broad SMARTS) is 1. The summed E-state index contributed by atoms with van der Waals surface area (Å²) in [5.41, 5.74) is 0.982. The van der Waals surface area contributed by atoms with E-state index in [4.69, 9.17) is 5.11 Å². The van der Waals surface area contributed by atoms with E-state index in [1.807, 2.05) is 11.0 Å². The van der Waals surface area contributed by atoms with Crippen molar-refractivity contribution in [1.82, 2.24) is 4.90 Å². The smallest absolute Gasteiger partial charge is 0.332 e. The summed E-state index contributed by atoms with van der Waals surface area (Å²) in [5, 5.41) is 12.4. The minimum atomic E-state index is -0.887. The highest BCUT2D eigenvalue weighted by Gasteiger charge is 2.19. The second-order valence-electron chi connectivity index (χ2n) is 5.70. The van der Waals surface area contributed by atoms with Gasteiger partial charge < -0.3 is 5.11 Å². The van der Waals surface area contributed by atoms with Gasteiger partial charge in [-0.25, -0.2) is 13.6 Å². The monoisotopic (exact) mass is 381 g/mol. The molecule has 0 amide bonds. The highest BCUT2D eigenvalue weighted by molar-refractivity contribution is 7.13. The van der Waals surface area contributed by atoms with E-state index < -0.39 is 5.97 Å². The summed E-state index contributed by atoms with van der Waals surface area (Å²) >= 11 is 2.50. The largest absolute Gasteiger partial charge is 0.478 e. The predicted molar refractivity (Wildman–Crippen MR) is 97.0 cm³/mol. The maximum Gasteiger partial charge on any atom is 0.332 e. The van der Waals surface area contributed by atoms with E-state index in [1.165, 1.54) is 34.8 Å². The van der Waals surface area contributed by atoms with Crippen LogP contribution in [0.15, 0.2) is 40.6 Å². The number of halogens is 2. The Balaban J connectivity index is 1.74. The van der Waals surface area contributed by atoms with Gasteiger partial charge >= 0.3 is 5.97 Å². The lowest BCUT2D eigenvalue weighted by Crippen LogP contribution is -2.32. The average molecular weight is 381 g/mol. The highest BCUT2D eigenvalue weighted by Crippen LogP contribution is 2.34. The molecule has 3 rings (SSSR count). The molecule has 2 aromatic rings. The molecule has 0 aliphatic carbocycles. The third-order valence-corrected chi connectivity index (χ3v) is 5.87.